The minimum Gasteiger partial charge on any atom is -0.493 e. The number of benzene rings is 2. The third-order valence-electron chi connectivity index (χ3n) is 3.31. The maximum atomic E-state index is 12.2. The summed E-state index contributed by atoms with van der Waals surface area (Å²) in [4.78, 5) is 23.9. The van der Waals surface area contributed by atoms with Crippen LogP contribution < -0.4 is 10.1 Å². The van der Waals surface area contributed by atoms with Crippen LogP contribution in [0.25, 0.3) is 0 Å². The molecule has 0 saturated carbocycles. The predicted octanol–water partition coefficient (Wildman–Crippen LogP) is 2.43. The molecule has 0 bridgehead atoms. The minimum absolute atomic E-state index is 0.0793. The van der Waals surface area contributed by atoms with Gasteiger partial charge in [0.2, 0.25) is 0 Å². The Morgan fingerprint density at radius 2 is 1.84 bits per heavy atom. The first-order chi connectivity index (χ1) is 12.1. The fourth-order valence-electron chi connectivity index (χ4n) is 2.07. The summed E-state index contributed by atoms with van der Waals surface area (Å²) in [6.45, 7) is 2.11. The van der Waals surface area contributed by atoms with Gasteiger partial charge in [0.1, 0.15) is 18.9 Å². The Balaban J connectivity index is 1.83. The maximum Gasteiger partial charge on any atom is 0.325 e. The van der Waals surface area contributed by atoms with E-state index in [1.54, 1.807) is 48.5 Å². The van der Waals surface area contributed by atoms with Gasteiger partial charge in [0.05, 0.1) is 23.8 Å². The van der Waals surface area contributed by atoms with E-state index < -0.39 is 11.9 Å². The Morgan fingerprint density at radius 1 is 1.12 bits per heavy atom. The number of hydrogen-bond donors (Lipinski definition) is 1. The summed E-state index contributed by atoms with van der Waals surface area (Å²) >= 11 is 0. The SMILES string of the molecule is CCOc1ccccc1C(=O)NCC(=O)OCc1ccc(C#N)cc1. The van der Waals surface area contributed by atoms with E-state index in [9.17, 15) is 9.59 Å². The van der Waals surface area contributed by atoms with Gasteiger partial charge < -0.3 is 14.8 Å². The summed E-state index contributed by atoms with van der Waals surface area (Å²) in [6, 6.07) is 15.6. The highest BCUT2D eigenvalue weighted by Gasteiger charge is 2.13. The van der Waals surface area contributed by atoms with Gasteiger partial charge in [-0.25, -0.2) is 0 Å². The van der Waals surface area contributed by atoms with Gasteiger partial charge in [0.25, 0.3) is 5.91 Å². The molecule has 0 radical (unpaired) electrons. The van der Waals surface area contributed by atoms with E-state index in [2.05, 4.69) is 5.32 Å². The van der Waals surface area contributed by atoms with Gasteiger partial charge in [0.15, 0.2) is 0 Å². The van der Waals surface area contributed by atoms with E-state index in [4.69, 9.17) is 14.7 Å². The zero-order chi connectivity index (χ0) is 18.1. The van der Waals surface area contributed by atoms with Gasteiger partial charge in [-0.1, -0.05) is 24.3 Å². The molecule has 2 aromatic rings. The second-order valence-corrected chi connectivity index (χ2v) is 5.08. The first kappa shape index (κ1) is 18.0. The van der Waals surface area contributed by atoms with Crippen LogP contribution in [0.4, 0.5) is 0 Å². The van der Waals surface area contributed by atoms with Crippen LogP contribution in [0, 0.1) is 11.3 Å². The number of esters is 1. The molecule has 1 amide bonds. The molecule has 0 spiro atoms. The van der Waals surface area contributed by atoms with Crippen LogP contribution in [0.3, 0.4) is 0 Å². The van der Waals surface area contributed by atoms with Crippen molar-refractivity contribution < 1.29 is 19.1 Å². The molecule has 0 fully saturated rings. The van der Waals surface area contributed by atoms with E-state index in [0.29, 0.717) is 23.5 Å². The molecule has 0 heterocycles. The lowest BCUT2D eigenvalue weighted by atomic mass is 10.2. The number of amides is 1. The van der Waals surface area contributed by atoms with E-state index in [1.807, 2.05) is 13.0 Å². The van der Waals surface area contributed by atoms with Crippen LogP contribution in [0.15, 0.2) is 48.5 Å². The lowest BCUT2D eigenvalue weighted by Gasteiger charge is -2.10. The van der Waals surface area contributed by atoms with E-state index in [-0.39, 0.29) is 13.2 Å². The van der Waals surface area contributed by atoms with Gasteiger partial charge in [-0.15, -0.1) is 0 Å². The molecule has 25 heavy (non-hydrogen) atoms. The molecule has 2 aromatic carbocycles. The van der Waals surface area contributed by atoms with E-state index >= 15 is 0 Å². The monoisotopic (exact) mass is 338 g/mol. The molecule has 128 valence electrons. The summed E-state index contributed by atoms with van der Waals surface area (Å²) in [5.41, 5.74) is 1.67. The van der Waals surface area contributed by atoms with Crippen molar-refractivity contribution >= 4 is 11.9 Å². The van der Waals surface area contributed by atoms with E-state index in [1.165, 1.54) is 0 Å². The zero-order valence-corrected chi connectivity index (χ0v) is 13.8. The van der Waals surface area contributed by atoms with Crippen molar-refractivity contribution in [2.75, 3.05) is 13.2 Å². The van der Waals surface area contributed by atoms with Crippen molar-refractivity contribution in [3.05, 3.63) is 65.2 Å². The third-order valence-corrected chi connectivity index (χ3v) is 3.31. The maximum absolute atomic E-state index is 12.2. The van der Waals surface area contributed by atoms with Crippen LogP contribution in [0.1, 0.15) is 28.4 Å². The largest absolute Gasteiger partial charge is 0.493 e. The summed E-state index contributed by atoms with van der Waals surface area (Å²) in [5, 5.41) is 11.2. The molecule has 0 unspecified atom stereocenters. The molecule has 0 atom stereocenters. The number of ether oxygens (including phenoxy) is 2. The standard InChI is InChI=1S/C19H18N2O4/c1-2-24-17-6-4-3-5-16(17)19(23)21-12-18(22)25-13-15-9-7-14(11-20)8-10-15/h3-10H,2,12-13H2,1H3,(H,21,23). The number of carbonyl (C=O) groups excluding carboxylic acids is 2. The van der Waals surface area contributed by atoms with Crippen molar-refractivity contribution in [1.82, 2.24) is 5.32 Å². The van der Waals surface area contributed by atoms with Gasteiger partial charge in [-0.3, -0.25) is 9.59 Å². The number of nitriles is 1. The molecule has 0 aliphatic heterocycles. The quantitative estimate of drug-likeness (QED) is 0.783. The number of nitrogens with zero attached hydrogens (tertiary/aromatic N) is 1. The number of nitrogens with one attached hydrogen (secondary N) is 1. The Hall–Kier alpha value is -3.33. The second-order valence-electron chi connectivity index (χ2n) is 5.08. The average Bonchev–Trinajstić information content (AvgIpc) is 2.65. The fourth-order valence-corrected chi connectivity index (χ4v) is 2.07. The molecule has 0 saturated heterocycles. The minimum atomic E-state index is -0.549. The van der Waals surface area contributed by atoms with Crippen LogP contribution in [-0.4, -0.2) is 25.0 Å². The lowest BCUT2D eigenvalue weighted by molar-refractivity contribution is -0.143. The molecule has 6 nitrogen and oxygen atoms in total. The molecular formula is C19H18N2O4. The number of hydrogen-bond acceptors (Lipinski definition) is 5. The molecule has 2 rings (SSSR count). The van der Waals surface area contributed by atoms with Gasteiger partial charge in [-0.05, 0) is 36.8 Å². The highest BCUT2D eigenvalue weighted by atomic mass is 16.5. The van der Waals surface area contributed by atoms with Gasteiger partial charge >= 0.3 is 5.97 Å². The van der Waals surface area contributed by atoms with Crippen LogP contribution in [-0.2, 0) is 16.1 Å². The van der Waals surface area contributed by atoms with Crippen molar-refractivity contribution in [3.8, 4) is 11.8 Å². The van der Waals surface area contributed by atoms with Crippen molar-refractivity contribution in [1.29, 1.82) is 5.26 Å². The molecule has 1 N–H and O–H groups in total. The smallest absolute Gasteiger partial charge is 0.325 e. The summed E-state index contributed by atoms with van der Waals surface area (Å²) in [5.74, 6) is -0.487. The highest BCUT2D eigenvalue weighted by Crippen LogP contribution is 2.17. The summed E-state index contributed by atoms with van der Waals surface area (Å²) < 4.78 is 10.5. The van der Waals surface area contributed by atoms with Crippen LogP contribution in [0.5, 0.6) is 5.75 Å². The topological polar surface area (TPSA) is 88.4 Å². The molecular weight excluding hydrogens is 320 g/mol. The first-order valence-electron chi connectivity index (χ1n) is 7.78. The lowest BCUT2D eigenvalue weighted by Crippen LogP contribution is -2.30. The number of rotatable bonds is 7. The average molecular weight is 338 g/mol. The normalized spacial score (nSPS) is 9.76. The number of para-hydroxylation sites is 1. The Labute approximate surface area is 146 Å². The molecule has 0 aliphatic carbocycles. The van der Waals surface area contributed by atoms with Crippen molar-refractivity contribution in [3.63, 3.8) is 0 Å². The van der Waals surface area contributed by atoms with Gasteiger partial charge in [0, 0.05) is 0 Å². The Morgan fingerprint density at radius 3 is 2.52 bits per heavy atom. The van der Waals surface area contributed by atoms with Crippen LogP contribution >= 0.6 is 0 Å². The molecule has 0 aromatic heterocycles. The van der Waals surface area contributed by atoms with Crippen molar-refractivity contribution in [2.45, 2.75) is 13.5 Å². The fraction of sp³-hybridized carbons (Fsp3) is 0.211. The summed E-state index contributed by atoms with van der Waals surface area (Å²) in [6.07, 6.45) is 0. The summed E-state index contributed by atoms with van der Waals surface area (Å²) in [7, 11) is 0. The Bertz CT molecular complexity index is 779. The second kappa shape index (κ2) is 9.08. The first-order valence-corrected chi connectivity index (χ1v) is 7.78. The Kier molecular flexibility index (Phi) is 6.55. The van der Waals surface area contributed by atoms with Crippen LogP contribution in [0.2, 0.25) is 0 Å². The third kappa shape index (κ3) is 5.36. The molecule has 0 aliphatic rings. The zero-order valence-electron chi connectivity index (χ0n) is 13.8. The predicted molar refractivity (Wildman–Crippen MR) is 90.9 cm³/mol. The highest BCUT2D eigenvalue weighted by molar-refractivity contribution is 5.98. The van der Waals surface area contributed by atoms with E-state index in [0.717, 1.165) is 5.56 Å². The van der Waals surface area contributed by atoms with Crippen molar-refractivity contribution in [2.24, 2.45) is 0 Å². The molecule has 6 heteroatoms. The number of carbonyl (C=O) groups is 2. The van der Waals surface area contributed by atoms with Gasteiger partial charge in [-0.2, -0.15) is 5.26 Å².